The number of halogens is 3. The fourth-order valence-electron chi connectivity index (χ4n) is 3.82. The molecule has 1 heterocycles. The molecule has 7 heteroatoms. The number of amides is 1. The van der Waals surface area contributed by atoms with Crippen molar-refractivity contribution in [1.29, 1.82) is 0 Å². The van der Waals surface area contributed by atoms with Crippen LogP contribution >= 0.6 is 0 Å². The van der Waals surface area contributed by atoms with Crippen LogP contribution in [-0.2, 0) is 6.18 Å². The Morgan fingerprint density at radius 1 is 1.25 bits per heavy atom. The van der Waals surface area contributed by atoms with Crippen molar-refractivity contribution in [2.75, 3.05) is 20.7 Å². The Morgan fingerprint density at radius 2 is 1.96 bits per heavy atom. The Bertz CT molecular complexity index is 895. The number of nitrogens with zero attached hydrogens (tertiary/aromatic N) is 1. The number of fused-ring (bicyclic) bond motifs is 1. The second-order valence-electron chi connectivity index (χ2n) is 7.77. The van der Waals surface area contributed by atoms with Gasteiger partial charge in [-0.05, 0) is 35.4 Å². The monoisotopic (exact) mass is 392 g/mol. The van der Waals surface area contributed by atoms with Gasteiger partial charge >= 0.3 is 6.18 Å². The third-order valence-electron chi connectivity index (χ3n) is 4.97. The first-order valence-corrected chi connectivity index (χ1v) is 8.90. The van der Waals surface area contributed by atoms with Gasteiger partial charge in [0.2, 0.25) is 0 Å². The van der Waals surface area contributed by atoms with Gasteiger partial charge in [0.25, 0.3) is 5.91 Å². The van der Waals surface area contributed by atoms with Crippen molar-refractivity contribution in [3.8, 4) is 5.75 Å². The average molecular weight is 392 g/mol. The van der Waals surface area contributed by atoms with Gasteiger partial charge in [0, 0.05) is 42.9 Å². The standard InChI is InChI=1S/C21H23F3N2O2/c1-20(2)12-26(3)11-14-9-15(6-7-16(14)20)25-19(27)13-5-8-18(28-4)17(10-13)21(22,23)24/h5-8,10-11H,9,12H2,1-4H3,(H,25,27). The molecule has 0 saturated heterocycles. The highest BCUT2D eigenvalue weighted by molar-refractivity contribution is 5.95. The van der Waals surface area contributed by atoms with E-state index in [1.54, 1.807) is 0 Å². The number of rotatable bonds is 3. The van der Waals surface area contributed by atoms with Crippen molar-refractivity contribution in [3.05, 3.63) is 64.5 Å². The molecule has 1 aliphatic carbocycles. The zero-order valence-electron chi connectivity index (χ0n) is 16.3. The summed E-state index contributed by atoms with van der Waals surface area (Å²) in [5.74, 6) is -0.897. The molecule has 1 amide bonds. The maximum absolute atomic E-state index is 13.2. The molecule has 28 heavy (non-hydrogen) atoms. The van der Waals surface area contributed by atoms with E-state index in [9.17, 15) is 18.0 Å². The molecule has 0 saturated carbocycles. The molecule has 0 aromatic heterocycles. The zero-order valence-corrected chi connectivity index (χ0v) is 16.3. The summed E-state index contributed by atoms with van der Waals surface area (Å²) in [5.41, 5.74) is 1.91. The van der Waals surface area contributed by atoms with Gasteiger partial charge < -0.3 is 15.0 Å². The maximum atomic E-state index is 13.2. The predicted molar refractivity (Wildman–Crippen MR) is 101 cm³/mol. The summed E-state index contributed by atoms with van der Waals surface area (Å²) in [6.45, 7) is 5.22. The highest BCUT2D eigenvalue weighted by Gasteiger charge is 2.35. The first kappa shape index (κ1) is 20.0. The number of ether oxygens (including phenoxy) is 1. The van der Waals surface area contributed by atoms with Crippen molar-refractivity contribution in [2.45, 2.75) is 26.4 Å². The van der Waals surface area contributed by atoms with Crippen molar-refractivity contribution in [1.82, 2.24) is 10.2 Å². The lowest BCUT2D eigenvalue weighted by Crippen LogP contribution is -2.36. The third-order valence-corrected chi connectivity index (χ3v) is 4.97. The van der Waals surface area contributed by atoms with E-state index in [1.807, 2.05) is 25.4 Å². The van der Waals surface area contributed by atoms with E-state index < -0.39 is 17.6 Å². The maximum Gasteiger partial charge on any atom is 0.419 e. The minimum absolute atomic E-state index is 0.0114. The lowest BCUT2D eigenvalue weighted by atomic mass is 9.74. The van der Waals surface area contributed by atoms with E-state index in [-0.39, 0.29) is 16.7 Å². The Labute approximate surface area is 162 Å². The Morgan fingerprint density at radius 3 is 2.61 bits per heavy atom. The molecule has 4 nitrogen and oxygen atoms in total. The lowest BCUT2D eigenvalue weighted by molar-refractivity contribution is -0.138. The summed E-state index contributed by atoms with van der Waals surface area (Å²) in [6, 6.07) is 3.30. The smallest absolute Gasteiger partial charge is 0.419 e. The van der Waals surface area contributed by atoms with Crippen LogP contribution in [0, 0.1) is 5.41 Å². The molecule has 0 bridgehead atoms. The molecule has 0 spiro atoms. The van der Waals surface area contributed by atoms with Crippen LogP contribution in [0.5, 0.6) is 5.75 Å². The molecular weight excluding hydrogens is 369 g/mol. The largest absolute Gasteiger partial charge is 0.496 e. The molecule has 1 aliphatic heterocycles. The number of hydrogen-bond donors (Lipinski definition) is 1. The molecule has 1 aromatic carbocycles. The fourth-order valence-corrected chi connectivity index (χ4v) is 3.82. The first-order valence-electron chi connectivity index (χ1n) is 8.90. The van der Waals surface area contributed by atoms with Gasteiger partial charge in [0.15, 0.2) is 0 Å². The Balaban J connectivity index is 1.84. The van der Waals surface area contributed by atoms with Crippen LogP contribution in [0.2, 0.25) is 0 Å². The topological polar surface area (TPSA) is 41.6 Å². The van der Waals surface area contributed by atoms with Crippen LogP contribution in [0.3, 0.4) is 0 Å². The summed E-state index contributed by atoms with van der Waals surface area (Å²) in [4.78, 5) is 14.6. The number of allylic oxidation sites excluding steroid dienone is 3. The number of carbonyl (C=O) groups excluding carboxylic acids is 1. The second kappa shape index (κ2) is 7.04. The van der Waals surface area contributed by atoms with Crippen LogP contribution in [0.4, 0.5) is 13.2 Å². The molecule has 3 rings (SSSR count). The van der Waals surface area contributed by atoms with Crippen molar-refractivity contribution in [3.63, 3.8) is 0 Å². The normalized spacial score (nSPS) is 18.5. The van der Waals surface area contributed by atoms with E-state index >= 15 is 0 Å². The van der Waals surface area contributed by atoms with Crippen molar-refractivity contribution >= 4 is 5.91 Å². The van der Waals surface area contributed by atoms with Gasteiger partial charge in [-0.15, -0.1) is 0 Å². The molecule has 1 aromatic rings. The third kappa shape index (κ3) is 3.93. The summed E-state index contributed by atoms with van der Waals surface area (Å²) in [6.07, 6.45) is 1.77. The van der Waals surface area contributed by atoms with E-state index in [0.717, 1.165) is 31.4 Å². The van der Waals surface area contributed by atoms with E-state index in [4.69, 9.17) is 4.74 Å². The molecule has 0 unspecified atom stereocenters. The number of benzene rings is 1. The van der Waals surface area contributed by atoms with Crippen LogP contribution in [0.1, 0.15) is 36.2 Å². The number of methoxy groups -OCH3 is 1. The lowest BCUT2D eigenvalue weighted by Gasteiger charge is -2.40. The highest BCUT2D eigenvalue weighted by Crippen LogP contribution is 2.41. The molecule has 0 fully saturated rings. The summed E-state index contributed by atoms with van der Waals surface area (Å²) in [5, 5.41) is 2.74. The molecule has 150 valence electrons. The first-order chi connectivity index (χ1) is 13.0. The van der Waals surface area contributed by atoms with Crippen molar-refractivity contribution in [2.24, 2.45) is 5.41 Å². The Hall–Kier alpha value is -2.70. The van der Waals surface area contributed by atoms with Crippen LogP contribution in [0.25, 0.3) is 0 Å². The van der Waals surface area contributed by atoms with Gasteiger partial charge in [-0.25, -0.2) is 0 Å². The zero-order chi connectivity index (χ0) is 20.7. The number of hydrogen-bond acceptors (Lipinski definition) is 3. The van der Waals surface area contributed by atoms with Crippen molar-refractivity contribution < 1.29 is 22.7 Å². The average Bonchev–Trinajstić information content (AvgIpc) is 2.59. The van der Waals surface area contributed by atoms with Gasteiger partial charge in [-0.3, -0.25) is 4.79 Å². The molecule has 0 atom stereocenters. The van der Waals surface area contributed by atoms with E-state index in [0.29, 0.717) is 12.1 Å². The molecule has 2 aliphatic rings. The van der Waals surface area contributed by atoms with Gasteiger partial charge in [-0.2, -0.15) is 13.2 Å². The summed E-state index contributed by atoms with van der Waals surface area (Å²) >= 11 is 0. The number of nitrogens with one attached hydrogen (secondary N) is 1. The van der Waals surface area contributed by atoms with Crippen LogP contribution in [-0.4, -0.2) is 31.5 Å². The molecule has 0 radical (unpaired) electrons. The minimum Gasteiger partial charge on any atom is -0.496 e. The summed E-state index contributed by atoms with van der Waals surface area (Å²) < 4.78 is 44.3. The van der Waals surface area contributed by atoms with Crippen LogP contribution in [0.15, 0.2) is 53.4 Å². The highest BCUT2D eigenvalue weighted by atomic mass is 19.4. The molecule has 1 N–H and O–H groups in total. The molecular formula is C21H23F3N2O2. The predicted octanol–water partition coefficient (Wildman–Crippen LogP) is 4.51. The fraction of sp³-hybridized carbons (Fsp3) is 0.381. The van der Waals surface area contributed by atoms with E-state index in [1.165, 1.54) is 11.6 Å². The van der Waals surface area contributed by atoms with Gasteiger partial charge in [0.05, 0.1) is 12.7 Å². The van der Waals surface area contributed by atoms with Crippen LogP contribution < -0.4 is 10.1 Å². The van der Waals surface area contributed by atoms with Gasteiger partial charge in [-0.1, -0.05) is 19.9 Å². The minimum atomic E-state index is -4.60. The SMILES string of the molecule is COc1ccc(C(=O)NC2=CC=C3C(=CN(C)CC3(C)C)C2)cc1C(F)(F)F. The second-order valence-corrected chi connectivity index (χ2v) is 7.77. The van der Waals surface area contributed by atoms with Gasteiger partial charge in [0.1, 0.15) is 5.75 Å². The summed E-state index contributed by atoms with van der Waals surface area (Å²) in [7, 11) is 3.16. The quantitative estimate of drug-likeness (QED) is 0.823. The number of alkyl halides is 3. The Kier molecular flexibility index (Phi) is 5.04. The van der Waals surface area contributed by atoms with E-state index in [2.05, 4.69) is 24.1 Å². The number of carbonyl (C=O) groups is 1.